The van der Waals surface area contributed by atoms with Crippen LogP contribution in [-0.4, -0.2) is 46.2 Å². The van der Waals surface area contributed by atoms with Gasteiger partial charge in [0.1, 0.15) is 0 Å². The third kappa shape index (κ3) is 2.62. The molecule has 2 aliphatic heterocycles. The number of rotatable bonds is 2. The molecule has 5 nitrogen and oxygen atoms in total. The molecule has 2 amide bonds. The minimum atomic E-state index is -0.386. The molecule has 0 saturated heterocycles. The highest BCUT2D eigenvalue weighted by molar-refractivity contribution is 9.11. The molecule has 0 N–H and O–H groups in total. The largest absolute Gasteiger partial charge is 0.292 e. The van der Waals surface area contributed by atoms with Gasteiger partial charge < -0.3 is 0 Å². The first kappa shape index (κ1) is 16.2. The van der Waals surface area contributed by atoms with Gasteiger partial charge in [-0.3, -0.25) is 24.4 Å². The highest BCUT2D eigenvalue weighted by Crippen LogP contribution is 2.37. The van der Waals surface area contributed by atoms with E-state index in [0.29, 0.717) is 17.7 Å². The van der Waals surface area contributed by atoms with E-state index in [9.17, 15) is 9.59 Å². The molecule has 0 spiro atoms. The highest BCUT2D eigenvalue weighted by atomic mass is 79.9. The second-order valence-corrected chi connectivity index (χ2v) is 7.29. The summed E-state index contributed by atoms with van der Waals surface area (Å²) in [7, 11) is 1.99. The third-order valence-electron chi connectivity index (χ3n) is 4.72. The molecule has 6 heteroatoms. The van der Waals surface area contributed by atoms with E-state index >= 15 is 0 Å². The van der Waals surface area contributed by atoms with Crippen molar-refractivity contribution in [2.45, 2.75) is 12.1 Å². The minimum absolute atomic E-state index is 0.119. The van der Waals surface area contributed by atoms with Crippen LogP contribution in [0, 0.1) is 0 Å². The van der Waals surface area contributed by atoms with Crippen LogP contribution in [0.2, 0.25) is 0 Å². The van der Waals surface area contributed by atoms with Gasteiger partial charge in [-0.1, -0.05) is 28.1 Å². The Morgan fingerprint density at radius 2 is 1.64 bits per heavy atom. The van der Waals surface area contributed by atoms with E-state index in [1.165, 1.54) is 4.90 Å². The summed E-state index contributed by atoms with van der Waals surface area (Å²) in [6.45, 7) is 0.715. The number of aromatic nitrogens is 1. The Hall–Kier alpha value is -2.31. The van der Waals surface area contributed by atoms with Gasteiger partial charge in [-0.15, -0.1) is 0 Å². The second kappa shape index (κ2) is 6.20. The molecule has 2 aromatic rings. The van der Waals surface area contributed by atoms with Gasteiger partial charge >= 0.3 is 0 Å². The summed E-state index contributed by atoms with van der Waals surface area (Å²) in [4.78, 5) is 33.4. The fourth-order valence-electron chi connectivity index (χ4n) is 3.63. The summed E-state index contributed by atoms with van der Waals surface area (Å²) in [5.74, 6) is -0.479. The molecule has 0 saturated carbocycles. The normalized spacial score (nSPS) is 23.6. The van der Waals surface area contributed by atoms with Gasteiger partial charge in [0.05, 0.1) is 23.2 Å². The summed E-state index contributed by atoms with van der Waals surface area (Å²) in [5, 5.41) is 0. The lowest BCUT2D eigenvalue weighted by Crippen LogP contribution is -2.49. The SMILES string of the molecule is CN1CC(Br)=CC(N2C(=O)c3ccccc3C2=O)C1c1ccncc1. The van der Waals surface area contributed by atoms with Gasteiger partial charge in [0, 0.05) is 23.4 Å². The molecule has 0 bridgehead atoms. The van der Waals surface area contributed by atoms with E-state index < -0.39 is 0 Å². The van der Waals surface area contributed by atoms with Gasteiger partial charge in [-0.2, -0.15) is 0 Å². The van der Waals surface area contributed by atoms with E-state index in [0.717, 1.165) is 10.0 Å². The van der Waals surface area contributed by atoms with Gasteiger partial charge in [-0.25, -0.2) is 0 Å². The van der Waals surface area contributed by atoms with Crippen LogP contribution in [0.4, 0.5) is 0 Å². The fourth-order valence-corrected chi connectivity index (χ4v) is 4.30. The second-order valence-electron chi connectivity index (χ2n) is 6.27. The zero-order chi connectivity index (χ0) is 17.6. The van der Waals surface area contributed by atoms with E-state index in [4.69, 9.17) is 0 Å². The number of halogens is 1. The molecule has 1 aromatic carbocycles. The van der Waals surface area contributed by atoms with Crippen LogP contribution in [0.1, 0.15) is 32.3 Å². The molecule has 25 heavy (non-hydrogen) atoms. The average molecular weight is 398 g/mol. The molecular weight excluding hydrogens is 382 g/mol. The van der Waals surface area contributed by atoms with Crippen molar-refractivity contribution >= 4 is 27.7 Å². The Bertz CT molecular complexity index is 846. The average Bonchev–Trinajstić information content (AvgIpc) is 2.86. The van der Waals surface area contributed by atoms with Gasteiger partial charge in [-0.05, 0) is 43.0 Å². The molecule has 2 aliphatic rings. The molecule has 126 valence electrons. The lowest BCUT2D eigenvalue weighted by Gasteiger charge is -2.40. The standard InChI is InChI=1S/C19H16BrN3O2/c1-22-11-13(20)10-16(17(22)12-6-8-21-9-7-12)23-18(24)14-4-2-3-5-15(14)19(23)25/h2-10,16-17H,11H2,1H3. The van der Waals surface area contributed by atoms with Gasteiger partial charge in [0.2, 0.25) is 0 Å². The number of imide groups is 1. The third-order valence-corrected chi connectivity index (χ3v) is 5.24. The molecular formula is C19H16BrN3O2. The number of amides is 2. The first-order valence-corrected chi connectivity index (χ1v) is 8.80. The molecule has 1 aromatic heterocycles. The minimum Gasteiger partial charge on any atom is -0.292 e. The van der Waals surface area contributed by atoms with Crippen molar-refractivity contribution in [1.82, 2.24) is 14.8 Å². The van der Waals surface area contributed by atoms with Crippen LogP contribution in [0.15, 0.2) is 59.4 Å². The van der Waals surface area contributed by atoms with Crippen LogP contribution in [0.25, 0.3) is 0 Å². The molecule has 2 atom stereocenters. The predicted molar refractivity (Wildman–Crippen MR) is 97.3 cm³/mol. The summed E-state index contributed by atoms with van der Waals surface area (Å²) in [5.41, 5.74) is 1.97. The first-order valence-electron chi connectivity index (χ1n) is 8.01. The summed E-state index contributed by atoms with van der Waals surface area (Å²) in [6, 6.07) is 10.3. The lowest BCUT2D eigenvalue weighted by atomic mass is 9.94. The number of hydrogen-bond acceptors (Lipinski definition) is 4. The predicted octanol–water partition coefficient (Wildman–Crippen LogP) is 3.01. The number of likely N-dealkylation sites (N-methyl/N-ethyl adjacent to an activating group) is 1. The Morgan fingerprint density at radius 3 is 2.24 bits per heavy atom. The zero-order valence-corrected chi connectivity index (χ0v) is 15.2. The number of nitrogens with zero attached hydrogens (tertiary/aromatic N) is 3. The van der Waals surface area contributed by atoms with Crippen molar-refractivity contribution in [3.05, 3.63) is 76.0 Å². The van der Waals surface area contributed by atoms with Crippen molar-refractivity contribution in [1.29, 1.82) is 0 Å². The topological polar surface area (TPSA) is 53.5 Å². The van der Waals surface area contributed by atoms with Gasteiger partial charge in [0.15, 0.2) is 0 Å². The Morgan fingerprint density at radius 1 is 1.04 bits per heavy atom. The van der Waals surface area contributed by atoms with Crippen molar-refractivity contribution in [2.24, 2.45) is 0 Å². The zero-order valence-electron chi connectivity index (χ0n) is 13.6. The van der Waals surface area contributed by atoms with E-state index in [1.54, 1.807) is 36.7 Å². The number of benzene rings is 1. The van der Waals surface area contributed by atoms with Crippen LogP contribution < -0.4 is 0 Å². The molecule has 2 unspecified atom stereocenters. The Kier molecular flexibility index (Phi) is 4.01. The van der Waals surface area contributed by atoms with Crippen LogP contribution in [0.3, 0.4) is 0 Å². The maximum Gasteiger partial charge on any atom is 0.262 e. The van der Waals surface area contributed by atoms with Gasteiger partial charge in [0.25, 0.3) is 11.8 Å². The van der Waals surface area contributed by atoms with Crippen LogP contribution in [-0.2, 0) is 0 Å². The van der Waals surface area contributed by atoms with E-state index in [2.05, 4.69) is 25.8 Å². The summed E-state index contributed by atoms with van der Waals surface area (Å²) < 4.78 is 0.960. The lowest BCUT2D eigenvalue weighted by molar-refractivity contribution is 0.0520. The highest BCUT2D eigenvalue weighted by Gasteiger charge is 2.44. The first-order chi connectivity index (χ1) is 12.1. The van der Waals surface area contributed by atoms with Crippen LogP contribution >= 0.6 is 15.9 Å². The number of fused-ring (bicyclic) bond motifs is 1. The summed E-state index contributed by atoms with van der Waals surface area (Å²) in [6.07, 6.45) is 5.43. The number of hydrogen-bond donors (Lipinski definition) is 0. The monoisotopic (exact) mass is 397 g/mol. The van der Waals surface area contributed by atoms with Crippen molar-refractivity contribution in [3.63, 3.8) is 0 Å². The molecule has 0 radical (unpaired) electrons. The number of pyridine rings is 1. The summed E-state index contributed by atoms with van der Waals surface area (Å²) >= 11 is 3.55. The maximum absolute atomic E-state index is 12.9. The van der Waals surface area contributed by atoms with Crippen molar-refractivity contribution in [2.75, 3.05) is 13.6 Å². The smallest absolute Gasteiger partial charge is 0.262 e. The molecule has 0 fully saturated rings. The van der Waals surface area contributed by atoms with E-state index in [-0.39, 0.29) is 23.9 Å². The van der Waals surface area contributed by atoms with E-state index in [1.807, 2.05) is 25.3 Å². The molecule has 3 heterocycles. The quantitative estimate of drug-likeness (QED) is 0.730. The maximum atomic E-state index is 12.9. The van der Waals surface area contributed by atoms with Crippen molar-refractivity contribution < 1.29 is 9.59 Å². The molecule has 4 rings (SSSR count). The Labute approximate surface area is 154 Å². The number of carbonyl (C=O) groups is 2. The van der Waals surface area contributed by atoms with Crippen LogP contribution in [0.5, 0.6) is 0 Å². The fraction of sp³-hybridized carbons (Fsp3) is 0.211. The van der Waals surface area contributed by atoms with Crippen molar-refractivity contribution in [3.8, 4) is 0 Å². The molecule has 0 aliphatic carbocycles. The number of carbonyl (C=O) groups excluding carboxylic acids is 2. The Balaban J connectivity index is 1.81.